The minimum atomic E-state index is 1.03. The van der Waals surface area contributed by atoms with Crippen LogP contribution in [0.1, 0.15) is 0 Å². The van der Waals surface area contributed by atoms with Gasteiger partial charge in [-0.15, -0.1) is 0 Å². The molecule has 188 valence electrons. The molecule has 38 heavy (non-hydrogen) atoms. The maximum absolute atomic E-state index is 4.25. The van der Waals surface area contributed by atoms with Crippen LogP contribution in [0.5, 0.6) is 0 Å². The van der Waals surface area contributed by atoms with Gasteiger partial charge in [0.05, 0.1) is 17.1 Å². The lowest BCUT2D eigenvalue weighted by Crippen LogP contribution is -2.02. The monoisotopic (exact) mass is 497 g/mol. The van der Waals surface area contributed by atoms with Gasteiger partial charge in [0.25, 0.3) is 0 Å². The summed E-state index contributed by atoms with van der Waals surface area (Å²) in [6.45, 7) is 0. The minimum Gasteiger partial charge on any atom is -0.274 e. The average Bonchev–Trinajstić information content (AvgIpc) is 3.05. The number of aromatic nitrogens is 3. The van der Waals surface area contributed by atoms with E-state index in [1.54, 1.807) is 0 Å². The Labute approximate surface area is 224 Å². The summed E-state index contributed by atoms with van der Waals surface area (Å²) in [7, 11) is 0. The van der Waals surface area contributed by atoms with Crippen molar-refractivity contribution in [1.29, 1.82) is 0 Å². The first-order chi connectivity index (χ1) is 18.9. The van der Waals surface area contributed by atoms with Crippen LogP contribution in [-0.4, -0.2) is 15.0 Å². The number of hydrogen-bond acceptors (Lipinski definition) is 5. The minimum absolute atomic E-state index is 1.03. The Kier molecular flexibility index (Phi) is 12.1. The second-order valence-corrected chi connectivity index (χ2v) is 7.74. The predicted octanol–water partition coefficient (Wildman–Crippen LogP) is 7.06. The van der Waals surface area contributed by atoms with Gasteiger partial charge in [-0.25, -0.2) is 0 Å². The molecule has 0 radical (unpaired) electrons. The van der Waals surface area contributed by atoms with Crippen LogP contribution in [-0.2, 0) is 0 Å². The van der Waals surface area contributed by atoms with Gasteiger partial charge in [-0.1, -0.05) is 109 Å². The lowest BCUT2D eigenvalue weighted by molar-refractivity contribution is 1.26. The Hall–Kier alpha value is -4.97. The molecule has 4 N–H and O–H groups in total. The fourth-order valence-electron chi connectivity index (χ4n) is 3.43. The van der Waals surface area contributed by atoms with Crippen LogP contribution in [0.4, 0.5) is 0 Å². The van der Waals surface area contributed by atoms with E-state index < -0.39 is 0 Å². The second-order valence-electron chi connectivity index (χ2n) is 7.74. The Balaban J connectivity index is 0.000000153. The maximum Gasteiger partial charge on any atom is 0.0701 e. The van der Waals surface area contributed by atoms with E-state index in [2.05, 4.69) is 63.0 Å². The van der Waals surface area contributed by atoms with Crippen LogP contribution in [0.15, 0.2) is 164 Å². The molecule has 5 nitrogen and oxygen atoms in total. The summed E-state index contributed by atoms with van der Waals surface area (Å²) in [5, 5.41) is 0. The van der Waals surface area contributed by atoms with Crippen molar-refractivity contribution in [2.24, 2.45) is 11.7 Å². The van der Waals surface area contributed by atoms with Gasteiger partial charge >= 0.3 is 0 Å². The highest BCUT2D eigenvalue weighted by molar-refractivity contribution is 5.59. The van der Waals surface area contributed by atoms with Gasteiger partial charge in [0.15, 0.2) is 0 Å². The third-order valence-electron chi connectivity index (χ3n) is 5.20. The number of pyridine rings is 3. The number of hydrogen-bond donors (Lipinski definition) is 2. The van der Waals surface area contributed by atoms with Crippen molar-refractivity contribution in [3.63, 3.8) is 0 Å². The number of hydrazine groups is 1. The summed E-state index contributed by atoms with van der Waals surface area (Å²) in [5.74, 6) is 8.00. The Morgan fingerprint density at radius 2 is 0.526 bits per heavy atom. The zero-order chi connectivity index (χ0) is 26.7. The fraction of sp³-hybridized carbons (Fsp3) is 0. The Morgan fingerprint density at radius 3 is 0.737 bits per heavy atom. The molecular formula is C33H31N5. The van der Waals surface area contributed by atoms with Crippen molar-refractivity contribution in [3.8, 4) is 33.8 Å². The zero-order valence-electron chi connectivity index (χ0n) is 21.1. The largest absolute Gasteiger partial charge is 0.274 e. The van der Waals surface area contributed by atoms with Crippen molar-refractivity contribution in [1.82, 2.24) is 15.0 Å². The normalized spacial score (nSPS) is 9.32. The van der Waals surface area contributed by atoms with E-state index >= 15 is 0 Å². The molecule has 0 spiro atoms. The SMILES string of the molecule is NN.c1ccc(-c2ccccn2)cc1.c1ccc(-c2ccccn2)cc1.c1ccc(-c2ccccn2)cc1. The van der Waals surface area contributed by atoms with E-state index in [0.29, 0.717) is 0 Å². The highest BCUT2D eigenvalue weighted by Gasteiger charge is 1.95. The molecule has 0 aliphatic rings. The molecule has 3 aromatic heterocycles. The molecule has 6 rings (SSSR count). The van der Waals surface area contributed by atoms with Crippen LogP contribution in [0, 0.1) is 0 Å². The average molecular weight is 498 g/mol. The predicted molar refractivity (Wildman–Crippen MR) is 157 cm³/mol. The van der Waals surface area contributed by atoms with Crippen LogP contribution in [0.2, 0.25) is 0 Å². The third-order valence-corrected chi connectivity index (χ3v) is 5.20. The van der Waals surface area contributed by atoms with E-state index in [4.69, 9.17) is 0 Å². The smallest absolute Gasteiger partial charge is 0.0701 e. The Bertz CT molecular complexity index is 1090. The summed E-state index contributed by atoms with van der Waals surface area (Å²) < 4.78 is 0. The van der Waals surface area contributed by atoms with Crippen LogP contribution < -0.4 is 11.7 Å². The molecule has 0 unspecified atom stereocenters. The molecule has 0 bridgehead atoms. The van der Waals surface area contributed by atoms with E-state index in [-0.39, 0.29) is 0 Å². The molecule has 3 heterocycles. The molecule has 0 atom stereocenters. The first kappa shape index (κ1) is 27.6. The maximum atomic E-state index is 4.25. The van der Waals surface area contributed by atoms with Crippen molar-refractivity contribution in [3.05, 3.63) is 164 Å². The second kappa shape index (κ2) is 16.7. The standard InChI is InChI=1S/3C11H9N.H4N2/c3*1-2-6-10(7-3-1)11-8-4-5-9-12-11;1-2/h3*1-9H;1-2H2. The van der Waals surface area contributed by atoms with Gasteiger partial charge in [0.1, 0.15) is 0 Å². The van der Waals surface area contributed by atoms with Gasteiger partial charge < -0.3 is 0 Å². The summed E-state index contributed by atoms with van der Waals surface area (Å²) in [5.41, 5.74) is 6.57. The topological polar surface area (TPSA) is 90.7 Å². The number of nitrogens with zero attached hydrogens (tertiary/aromatic N) is 3. The fourth-order valence-corrected chi connectivity index (χ4v) is 3.43. The number of nitrogens with two attached hydrogens (primary N) is 2. The lowest BCUT2D eigenvalue weighted by Gasteiger charge is -1.97. The molecule has 6 aromatic rings. The Morgan fingerprint density at radius 1 is 0.289 bits per heavy atom. The summed E-state index contributed by atoms with van der Waals surface area (Å²) in [6, 6.07) is 48.3. The van der Waals surface area contributed by atoms with Gasteiger partial charge in [-0.05, 0) is 36.4 Å². The summed E-state index contributed by atoms with van der Waals surface area (Å²) in [6.07, 6.45) is 5.42. The first-order valence-electron chi connectivity index (χ1n) is 12.1. The molecule has 0 aliphatic heterocycles. The molecule has 0 amide bonds. The van der Waals surface area contributed by atoms with Crippen molar-refractivity contribution in [2.75, 3.05) is 0 Å². The van der Waals surface area contributed by atoms with Gasteiger partial charge in [0.2, 0.25) is 0 Å². The molecule has 0 saturated heterocycles. The highest BCUT2D eigenvalue weighted by atomic mass is 15.0. The van der Waals surface area contributed by atoms with E-state index in [1.807, 2.05) is 128 Å². The number of benzene rings is 3. The van der Waals surface area contributed by atoms with Crippen molar-refractivity contribution < 1.29 is 0 Å². The number of rotatable bonds is 3. The third kappa shape index (κ3) is 9.24. The van der Waals surface area contributed by atoms with E-state index in [9.17, 15) is 0 Å². The molecule has 5 heteroatoms. The zero-order valence-corrected chi connectivity index (χ0v) is 21.1. The van der Waals surface area contributed by atoms with Gasteiger partial charge in [-0.2, -0.15) is 0 Å². The molecule has 0 saturated carbocycles. The summed E-state index contributed by atoms with van der Waals surface area (Å²) in [4.78, 5) is 12.7. The lowest BCUT2D eigenvalue weighted by atomic mass is 10.1. The quantitative estimate of drug-likeness (QED) is 0.202. The van der Waals surface area contributed by atoms with Gasteiger partial charge in [0, 0.05) is 35.3 Å². The molecule has 3 aromatic carbocycles. The van der Waals surface area contributed by atoms with Crippen molar-refractivity contribution >= 4 is 0 Å². The van der Waals surface area contributed by atoms with Crippen LogP contribution in [0.25, 0.3) is 33.8 Å². The molecular weight excluding hydrogens is 466 g/mol. The van der Waals surface area contributed by atoms with Crippen LogP contribution in [0.3, 0.4) is 0 Å². The highest BCUT2D eigenvalue weighted by Crippen LogP contribution is 2.16. The first-order valence-corrected chi connectivity index (χ1v) is 12.1. The van der Waals surface area contributed by atoms with Gasteiger partial charge in [-0.3, -0.25) is 26.6 Å². The van der Waals surface area contributed by atoms with E-state index in [0.717, 1.165) is 33.8 Å². The molecule has 0 fully saturated rings. The van der Waals surface area contributed by atoms with Crippen LogP contribution >= 0.6 is 0 Å². The molecule has 0 aliphatic carbocycles. The summed E-state index contributed by atoms with van der Waals surface area (Å²) >= 11 is 0. The van der Waals surface area contributed by atoms with E-state index in [1.165, 1.54) is 0 Å². The van der Waals surface area contributed by atoms with Crippen molar-refractivity contribution in [2.45, 2.75) is 0 Å².